The average Bonchev–Trinajstić information content (AvgIpc) is 2.84. The maximum Gasteiger partial charge on any atom is 0.317 e. The molecule has 2 fully saturated rings. The number of fused-ring (bicyclic) bond motifs is 1. The molecule has 118 valence electrons. The Kier molecular flexibility index (Phi) is 5.00. The van der Waals surface area contributed by atoms with E-state index in [1.807, 2.05) is 0 Å². The van der Waals surface area contributed by atoms with Crippen molar-refractivity contribution in [3.8, 4) is 0 Å². The van der Waals surface area contributed by atoms with Crippen molar-refractivity contribution < 1.29 is 24.2 Å². The molecule has 2 heterocycles. The van der Waals surface area contributed by atoms with Gasteiger partial charge in [0.1, 0.15) is 0 Å². The largest absolute Gasteiger partial charge is 0.481 e. The van der Waals surface area contributed by atoms with Crippen LogP contribution < -0.4 is 10.6 Å². The molecule has 3 atom stereocenters. The highest BCUT2D eigenvalue weighted by Gasteiger charge is 2.42. The van der Waals surface area contributed by atoms with Crippen molar-refractivity contribution in [2.24, 2.45) is 5.92 Å². The molecule has 0 aromatic rings. The zero-order chi connectivity index (χ0) is 15.4. The topological polar surface area (TPSA) is 108 Å². The maximum atomic E-state index is 12.2. The second kappa shape index (κ2) is 6.75. The van der Waals surface area contributed by atoms with Crippen molar-refractivity contribution in [1.82, 2.24) is 15.5 Å². The highest BCUT2D eigenvalue weighted by molar-refractivity contribution is 5.84. The Labute approximate surface area is 122 Å². The van der Waals surface area contributed by atoms with E-state index in [9.17, 15) is 14.4 Å². The molecule has 0 saturated carbocycles. The number of aliphatic carboxylic acids is 1. The molecule has 2 aliphatic rings. The number of amides is 3. The van der Waals surface area contributed by atoms with E-state index in [0.717, 1.165) is 12.8 Å². The number of rotatable bonds is 5. The fraction of sp³-hybridized carbons (Fsp3) is 0.769. The number of likely N-dealkylation sites (tertiary alicyclic amines) is 1. The number of carboxylic acids is 1. The Morgan fingerprint density at radius 3 is 3.00 bits per heavy atom. The Morgan fingerprint density at radius 1 is 1.57 bits per heavy atom. The quantitative estimate of drug-likeness (QED) is 0.628. The van der Waals surface area contributed by atoms with Gasteiger partial charge in [0.05, 0.1) is 24.5 Å². The van der Waals surface area contributed by atoms with Gasteiger partial charge in [0.2, 0.25) is 5.91 Å². The molecule has 3 unspecified atom stereocenters. The van der Waals surface area contributed by atoms with Gasteiger partial charge >= 0.3 is 12.0 Å². The minimum absolute atomic E-state index is 0.0122. The number of carbonyl (C=O) groups excluding carboxylic acids is 2. The zero-order valence-corrected chi connectivity index (χ0v) is 12.0. The molecule has 8 heteroatoms. The molecule has 2 aliphatic heterocycles. The summed E-state index contributed by atoms with van der Waals surface area (Å²) in [6.07, 6.45) is 0.878. The van der Waals surface area contributed by atoms with Crippen LogP contribution >= 0.6 is 0 Å². The predicted molar refractivity (Wildman–Crippen MR) is 72.7 cm³/mol. The van der Waals surface area contributed by atoms with Crippen molar-refractivity contribution in [1.29, 1.82) is 0 Å². The number of carboxylic acid groups (broad SMARTS) is 1. The third kappa shape index (κ3) is 3.63. The Hall–Kier alpha value is -1.83. The van der Waals surface area contributed by atoms with Crippen LogP contribution in [0.2, 0.25) is 0 Å². The maximum absolute atomic E-state index is 12.2. The lowest BCUT2D eigenvalue weighted by atomic mass is 9.92. The lowest BCUT2D eigenvalue weighted by Gasteiger charge is -2.36. The van der Waals surface area contributed by atoms with Crippen LogP contribution in [0.25, 0.3) is 0 Å². The van der Waals surface area contributed by atoms with Crippen molar-refractivity contribution in [3.05, 3.63) is 0 Å². The van der Waals surface area contributed by atoms with Gasteiger partial charge in [0.25, 0.3) is 0 Å². The molecule has 8 nitrogen and oxygen atoms in total. The lowest BCUT2D eigenvalue weighted by Crippen LogP contribution is -2.53. The van der Waals surface area contributed by atoms with Crippen molar-refractivity contribution in [3.63, 3.8) is 0 Å². The van der Waals surface area contributed by atoms with Crippen LogP contribution in [-0.2, 0) is 14.3 Å². The standard InChI is InChI=1S/C13H21N3O5/c1-21-8(5-11(17)18)6-15-13(20)16-4-2-3-9-10(16)7-14-12(9)19/h8-10H,2-7H2,1H3,(H,14,19)(H,15,20)(H,17,18). The Morgan fingerprint density at radius 2 is 2.33 bits per heavy atom. The number of urea groups is 1. The van der Waals surface area contributed by atoms with E-state index in [4.69, 9.17) is 9.84 Å². The molecule has 2 saturated heterocycles. The van der Waals surface area contributed by atoms with Crippen LogP contribution in [0, 0.1) is 5.92 Å². The fourth-order valence-corrected chi connectivity index (χ4v) is 2.94. The Bertz CT molecular complexity index is 428. The first kappa shape index (κ1) is 15.6. The first-order chi connectivity index (χ1) is 10.0. The summed E-state index contributed by atoms with van der Waals surface area (Å²) in [4.78, 5) is 36.2. The molecular formula is C13H21N3O5. The summed E-state index contributed by atoms with van der Waals surface area (Å²) in [6, 6.07) is -0.375. The molecule has 0 aromatic carbocycles. The van der Waals surface area contributed by atoms with Crippen LogP contribution in [0.5, 0.6) is 0 Å². The predicted octanol–water partition coefficient (Wildman–Crippen LogP) is -0.604. The van der Waals surface area contributed by atoms with Gasteiger partial charge in [-0.1, -0.05) is 0 Å². The van der Waals surface area contributed by atoms with Crippen molar-refractivity contribution >= 4 is 17.9 Å². The van der Waals surface area contributed by atoms with Crippen LogP contribution in [0.4, 0.5) is 4.79 Å². The first-order valence-electron chi connectivity index (χ1n) is 7.09. The summed E-state index contributed by atoms with van der Waals surface area (Å²) >= 11 is 0. The van der Waals surface area contributed by atoms with Gasteiger partial charge in [-0.05, 0) is 12.8 Å². The fourth-order valence-electron chi connectivity index (χ4n) is 2.94. The number of nitrogens with zero attached hydrogens (tertiary/aromatic N) is 1. The molecule has 0 bridgehead atoms. The molecule has 0 spiro atoms. The van der Waals surface area contributed by atoms with Gasteiger partial charge in [-0.25, -0.2) is 4.79 Å². The van der Waals surface area contributed by atoms with E-state index in [1.165, 1.54) is 7.11 Å². The SMILES string of the molecule is COC(CNC(=O)N1CCCC2C(=O)NCC21)CC(=O)O. The van der Waals surface area contributed by atoms with Crippen LogP contribution in [0.15, 0.2) is 0 Å². The van der Waals surface area contributed by atoms with Gasteiger partial charge in [-0.15, -0.1) is 0 Å². The van der Waals surface area contributed by atoms with Gasteiger partial charge in [-0.3, -0.25) is 9.59 Å². The summed E-state index contributed by atoms with van der Waals surface area (Å²) in [6.45, 7) is 1.23. The van der Waals surface area contributed by atoms with Gasteiger partial charge in [-0.2, -0.15) is 0 Å². The summed E-state index contributed by atoms with van der Waals surface area (Å²) in [5, 5.41) is 14.2. The van der Waals surface area contributed by atoms with Gasteiger partial charge in [0.15, 0.2) is 0 Å². The number of methoxy groups -OCH3 is 1. The number of ether oxygens (including phenoxy) is 1. The highest BCUT2D eigenvalue weighted by Crippen LogP contribution is 2.27. The van der Waals surface area contributed by atoms with E-state index >= 15 is 0 Å². The average molecular weight is 299 g/mol. The minimum Gasteiger partial charge on any atom is -0.481 e. The summed E-state index contributed by atoms with van der Waals surface area (Å²) < 4.78 is 5.02. The smallest absolute Gasteiger partial charge is 0.317 e. The second-order valence-corrected chi connectivity index (χ2v) is 5.40. The summed E-state index contributed by atoms with van der Waals surface area (Å²) in [7, 11) is 1.41. The molecule has 0 aliphatic carbocycles. The third-order valence-corrected chi connectivity index (χ3v) is 4.08. The number of nitrogens with one attached hydrogen (secondary N) is 2. The highest BCUT2D eigenvalue weighted by atomic mass is 16.5. The van der Waals surface area contributed by atoms with Gasteiger partial charge in [0, 0.05) is 26.7 Å². The normalized spacial score (nSPS) is 26.0. The summed E-state index contributed by atoms with van der Waals surface area (Å²) in [5.41, 5.74) is 0. The monoisotopic (exact) mass is 299 g/mol. The van der Waals surface area contributed by atoms with Crippen molar-refractivity contribution in [2.45, 2.75) is 31.4 Å². The number of carbonyl (C=O) groups is 3. The molecule has 2 rings (SSSR count). The zero-order valence-electron chi connectivity index (χ0n) is 12.0. The van der Waals surface area contributed by atoms with E-state index in [2.05, 4.69) is 10.6 Å². The van der Waals surface area contributed by atoms with Crippen LogP contribution in [0.3, 0.4) is 0 Å². The van der Waals surface area contributed by atoms with Gasteiger partial charge < -0.3 is 25.4 Å². The van der Waals surface area contributed by atoms with E-state index in [0.29, 0.717) is 13.1 Å². The van der Waals surface area contributed by atoms with Crippen LogP contribution in [0.1, 0.15) is 19.3 Å². The molecule has 0 aromatic heterocycles. The van der Waals surface area contributed by atoms with E-state index < -0.39 is 12.1 Å². The number of hydrogen-bond acceptors (Lipinski definition) is 4. The number of hydrogen-bond donors (Lipinski definition) is 3. The third-order valence-electron chi connectivity index (χ3n) is 4.08. The van der Waals surface area contributed by atoms with Crippen LogP contribution in [-0.4, -0.2) is 66.8 Å². The van der Waals surface area contributed by atoms with E-state index in [1.54, 1.807) is 4.90 Å². The summed E-state index contributed by atoms with van der Waals surface area (Å²) in [5.74, 6) is -1.08. The Balaban J connectivity index is 1.87. The molecule has 21 heavy (non-hydrogen) atoms. The molecule has 0 radical (unpaired) electrons. The molecular weight excluding hydrogens is 278 g/mol. The molecule has 3 N–H and O–H groups in total. The first-order valence-corrected chi connectivity index (χ1v) is 7.09. The number of piperidine rings is 1. The lowest BCUT2D eigenvalue weighted by molar-refractivity contribution is -0.139. The second-order valence-electron chi connectivity index (χ2n) is 5.40. The van der Waals surface area contributed by atoms with E-state index in [-0.39, 0.29) is 36.9 Å². The van der Waals surface area contributed by atoms with Crippen molar-refractivity contribution in [2.75, 3.05) is 26.7 Å². The molecule has 3 amide bonds. The minimum atomic E-state index is -0.972.